The summed E-state index contributed by atoms with van der Waals surface area (Å²) < 4.78 is 14.5. The lowest BCUT2D eigenvalue weighted by Crippen LogP contribution is -2.33. The van der Waals surface area contributed by atoms with Gasteiger partial charge in [0.05, 0.1) is 108 Å². The molecule has 0 fully saturated rings. The third kappa shape index (κ3) is 6.19. The summed E-state index contributed by atoms with van der Waals surface area (Å²) in [5.41, 5.74) is 17.6. The Balaban J connectivity index is 0.958. The lowest BCUT2D eigenvalue weighted by atomic mass is 9.66. The van der Waals surface area contributed by atoms with Crippen LogP contribution in [0.3, 0.4) is 0 Å². The second-order valence-electron chi connectivity index (χ2n) is 21.5. The van der Waals surface area contributed by atoms with Crippen molar-refractivity contribution in [1.29, 1.82) is 10.5 Å². The molecule has 1 spiro atoms. The van der Waals surface area contributed by atoms with Crippen molar-refractivity contribution in [3.63, 3.8) is 0 Å². The van der Waals surface area contributed by atoms with E-state index >= 15 is 0 Å². The quantitative estimate of drug-likeness (QED) is 0.173. The fraction of sp³-hybridized carbons (Fsp3) is 0.0137. The van der Waals surface area contributed by atoms with Gasteiger partial charge in [0, 0.05) is 87.9 Å². The van der Waals surface area contributed by atoms with Crippen LogP contribution in [-0.2, 0) is 5.41 Å². The summed E-state index contributed by atoms with van der Waals surface area (Å²) >= 11 is 1.78. The van der Waals surface area contributed by atoms with Crippen molar-refractivity contribution in [3.05, 3.63) is 276 Å². The Bertz CT molecular complexity index is 5380. The Morgan fingerprint density at radius 1 is 0.361 bits per heavy atom. The minimum absolute atomic E-state index is 0.601. The molecule has 3 aliphatic rings. The maximum absolute atomic E-state index is 10.1. The SMILES string of the molecule is N#Cc1ccc2c(c1)c1ccccc1n2-c1ccc2c(c1)Oc1cc(N3c4ccccc4Sc4ccccc43)ccc1C21c2cc(-n3c4ccccc4c4ccccc43)cnc2-c2ncc(-n3c4ccccc4c4cc(C#N)ccc43)cc21. The van der Waals surface area contributed by atoms with Gasteiger partial charge < -0.3 is 23.3 Å². The van der Waals surface area contributed by atoms with Crippen LogP contribution in [0.1, 0.15) is 33.4 Å². The number of benzene rings is 10. The van der Waals surface area contributed by atoms with Crippen LogP contribution in [0.15, 0.2) is 253 Å². The highest BCUT2D eigenvalue weighted by molar-refractivity contribution is 7.99. The molecule has 1 unspecified atom stereocenters. The number of para-hydroxylation sites is 6. The Hall–Kier alpha value is -11.2. The Labute approximate surface area is 479 Å². The zero-order chi connectivity index (χ0) is 54.7. The summed E-state index contributed by atoms with van der Waals surface area (Å²) in [6, 6.07) is 85.9. The van der Waals surface area contributed by atoms with Gasteiger partial charge in [-0.25, -0.2) is 0 Å². The van der Waals surface area contributed by atoms with E-state index in [1.807, 2.05) is 36.7 Å². The molecule has 384 valence electrons. The van der Waals surface area contributed by atoms with Crippen molar-refractivity contribution in [1.82, 2.24) is 23.7 Å². The molecule has 0 saturated heterocycles. The van der Waals surface area contributed by atoms with E-state index < -0.39 is 5.41 Å². The second kappa shape index (κ2) is 16.9. The predicted molar refractivity (Wildman–Crippen MR) is 331 cm³/mol. The Morgan fingerprint density at radius 3 is 1.24 bits per heavy atom. The van der Waals surface area contributed by atoms with Gasteiger partial charge in [0.15, 0.2) is 0 Å². The molecule has 18 rings (SSSR count). The van der Waals surface area contributed by atoms with E-state index in [2.05, 4.69) is 237 Å². The summed E-state index contributed by atoms with van der Waals surface area (Å²) in [5, 5.41) is 26.6. The van der Waals surface area contributed by atoms with Crippen LogP contribution in [0.5, 0.6) is 11.5 Å². The molecule has 0 N–H and O–H groups in total. The van der Waals surface area contributed by atoms with Crippen LogP contribution in [0.2, 0.25) is 0 Å². The third-order valence-corrected chi connectivity index (χ3v) is 18.5. The molecule has 7 heterocycles. The Morgan fingerprint density at radius 2 is 0.759 bits per heavy atom. The van der Waals surface area contributed by atoms with Crippen molar-refractivity contribution in [2.24, 2.45) is 0 Å². The van der Waals surface area contributed by atoms with E-state index in [1.165, 1.54) is 9.79 Å². The molecule has 10 heteroatoms. The van der Waals surface area contributed by atoms with Gasteiger partial charge in [0.25, 0.3) is 0 Å². The van der Waals surface area contributed by atoms with Gasteiger partial charge in [0.2, 0.25) is 0 Å². The molecular weight excluding hydrogens is 1040 g/mol. The maximum Gasteiger partial charge on any atom is 0.134 e. The molecule has 0 amide bonds. The predicted octanol–water partition coefficient (Wildman–Crippen LogP) is 17.9. The number of hydrogen-bond donors (Lipinski definition) is 0. The van der Waals surface area contributed by atoms with Gasteiger partial charge in [-0.05, 0) is 109 Å². The molecule has 2 aliphatic heterocycles. The first-order valence-electron chi connectivity index (χ1n) is 27.6. The summed E-state index contributed by atoms with van der Waals surface area (Å²) in [6.45, 7) is 0. The number of nitrogens with zero attached hydrogens (tertiary/aromatic N) is 8. The molecule has 0 bridgehead atoms. The van der Waals surface area contributed by atoms with Gasteiger partial charge in [-0.15, -0.1) is 0 Å². The van der Waals surface area contributed by atoms with Crippen molar-refractivity contribution in [2.75, 3.05) is 4.90 Å². The lowest BCUT2D eigenvalue weighted by Gasteiger charge is -2.40. The number of aromatic nitrogens is 5. The van der Waals surface area contributed by atoms with Crippen LogP contribution in [-0.4, -0.2) is 23.7 Å². The molecule has 0 radical (unpaired) electrons. The first-order valence-corrected chi connectivity index (χ1v) is 28.4. The summed E-state index contributed by atoms with van der Waals surface area (Å²) in [5.74, 6) is 1.39. The van der Waals surface area contributed by atoms with Crippen molar-refractivity contribution < 1.29 is 4.74 Å². The van der Waals surface area contributed by atoms with E-state index in [9.17, 15) is 10.5 Å². The first-order chi connectivity index (χ1) is 41.0. The van der Waals surface area contributed by atoms with Crippen molar-refractivity contribution >= 4 is 94.2 Å². The number of fused-ring (bicyclic) bond motifs is 20. The smallest absolute Gasteiger partial charge is 0.134 e. The van der Waals surface area contributed by atoms with Gasteiger partial charge in [-0.1, -0.05) is 121 Å². The zero-order valence-corrected chi connectivity index (χ0v) is 44.8. The van der Waals surface area contributed by atoms with Gasteiger partial charge in [0.1, 0.15) is 11.5 Å². The van der Waals surface area contributed by atoms with E-state index in [1.54, 1.807) is 11.8 Å². The molecular formula is C73H40N8OS. The number of nitriles is 2. The fourth-order valence-corrected chi connectivity index (χ4v) is 15.1. The number of rotatable bonds is 4. The van der Waals surface area contributed by atoms with Crippen molar-refractivity contribution in [2.45, 2.75) is 15.2 Å². The Kier molecular flexibility index (Phi) is 9.32. The average Bonchev–Trinajstić information content (AvgIpc) is 2.02. The molecule has 1 atom stereocenters. The molecule has 5 aromatic heterocycles. The van der Waals surface area contributed by atoms with Crippen LogP contribution in [0, 0.1) is 22.7 Å². The summed E-state index contributed by atoms with van der Waals surface area (Å²) in [7, 11) is 0. The maximum atomic E-state index is 10.1. The number of pyridine rings is 2. The van der Waals surface area contributed by atoms with E-state index in [4.69, 9.17) is 14.7 Å². The van der Waals surface area contributed by atoms with E-state index in [0.717, 1.165) is 133 Å². The standard InChI is InChI=1S/C73H40N8OS/c74-39-43-25-31-63-53(33-43)51-15-3-7-19-61(51)78(63)45-27-29-55-67(37-45)82-68-38-46(79-65-21-9-11-23-69(65)83-70-24-12-10-22-66(70)79)28-30-56(68)73(55)57-35-47(80-59-17-5-1-13-49(59)50-14-2-6-18-60(50)80)41-76-71(57)72-58(73)36-48(42-77-72)81-62-20-8-4-16-52(62)54-34-44(40-75)26-32-64(54)81/h1-38,41-42H. The minimum atomic E-state index is -1.06. The van der Waals surface area contributed by atoms with Crippen LogP contribution < -0.4 is 9.64 Å². The normalized spacial score (nSPS) is 14.6. The number of hydrogen-bond acceptors (Lipinski definition) is 7. The van der Waals surface area contributed by atoms with E-state index in [-0.39, 0.29) is 0 Å². The first kappa shape index (κ1) is 45.7. The van der Waals surface area contributed by atoms with Gasteiger partial charge in [-0.3, -0.25) is 9.97 Å². The summed E-state index contributed by atoms with van der Waals surface area (Å²) in [4.78, 5) is 15.8. The highest BCUT2D eigenvalue weighted by atomic mass is 32.2. The molecule has 0 saturated carbocycles. The average molecular weight is 1080 g/mol. The van der Waals surface area contributed by atoms with Gasteiger partial charge in [-0.2, -0.15) is 10.5 Å². The van der Waals surface area contributed by atoms with Crippen LogP contribution >= 0.6 is 11.8 Å². The minimum Gasteiger partial charge on any atom is -0.457 e. The van der Waals surface area contributed by atoms with Crippen LogP contribution in [0.4, 0.5) is 17.1 Å². The molecule has 10 aromatic carbocycles. The monoisotopic (exact) mass is 1080 g/mol. The van der Waals surface area contributed by atoms with E-state index in [0.29, 0.717) is 22.6 Å². The fourth-order valence-electron chi connectivity index (χ4n) is 14.0. The molecule has 9 nitrogen and oxygen atoms in total. The van der Waals surface area contributed by atoms with Gasteiger partial charge >= 0.3 is 0 Å². The summed E-state index contributed by atoms with van der Waals surface area (Å²) in [6.07, 6.45) is 3.98. The number of ether oxygens (including phenoxy) is 1. The van der Waals surface area contributed by atoms with Crippen LogP contribution in [0.25, 0.3) is 93.9 Å². The highest BCUT2D eigenvalue weighted by Gasteiger charge is 2.53. The lowest BCUT2D eigenvalue weighted by molar-refractivity contribution is 0.436. The topological polar surface area (TPSA) is 101 Å². The molecule has 1 aliphatic carbocycles. The van der Waals surface area contributed by atoms with Crippen molar-refractivity contribution in [3.8, 4) is 52.1 Å². The molecule has 83 heavy (non-hydrogen) atoms. The number of anilines is 3. The third-order valence-electron chi connectivity index (χ3n) is 17.4. The zero-order valence-electron chi connectivity index (χ0n) is 44.0. The molecule has 15 aromatic rings. The second-order valence-corrected chi connectivity index (χ2v) is 22.6. The highest BCUT2D eigenvalue weighted by Crippen LogP contribution is 2.63. The largest absolute Gasteiger partial charge is 0.457 e.